The van der Waals surface area contributed by atoms with E-state index in [9.17, 15) is 5.11 Å². The topological polar surface area (TPSA) is 45.1 Å². The monoisotopic (exact) mass is 322 g/mol. The van der Waals surface area contributed by atoms with E-state index in [0.29, 0.717) is 12.3 Å². The van der Waals surface area contributed by atoms with Crippen LogP contribution in [0.1, 0.15) is 25.3 Å². The molecule has 3 aliphatic rings. The first-order chi connectivity index (χ1) is 11.7. The quantitative estimate of drug-likeness (QED) is 0.513. The van der Waals surface area contributed by atoms with Gasteiger partial charge in [0.15, 0.2) is 0 Å². The summed E-state index contributed by atoms with van der Waals surface area (Å²) in [6.07, 6.45) is 8.69. The lowest BCUT2D eigenvalue weighted by molar-refractivity contribution is -0.0838. The van der Waals surface area contributed by atoms with Crippen LogP contribution in [0.4, 0.5) is 0 Å². The Balaban J connectivity index is 1.66. The number of hydrogen-bond donors (Lipinski definition) is 1. The largest absolute Gasteiger partial charge is 0.364 e. The molecular formula is C20H22N2O2. The maximum Gasteiger partial charge on any atom is 0.221 e. The van der Waals surface area contributed by atoms with Crippen LogP contribution >= 0.6 is 0 Å². The smallest absolute Gasteiger partial charge is 0.221 e. The molecule has 124 valence electrons. The van der Waals surface area contributed by atoms with Gasteiger partial charge in [0.25, 0.3) is 0 Å². The van der Waals surface area contributed by atoms with Crippen molar-refractivity contribution in [2.24, 2.45) is 11.1 Å². The third-order valence-corrected chi connectivity index (χ3v) is 4.81. The Labute approximate surface area is 142 Å². The van der Waals surface area contributed by atoms with Gasteiger partial charge in [0.1, 0.15) is 0 Å². The molecular weight excluding hydrogens is 300 g/mol. The van der Waals surface area contributed by atoms with Gasteiger partial charge >= 0.3 is 0 Å². The number of aliphatic hydroxyl groups excluding tert-OH is 1. The number of aliphatic hydroxyl groups is 1. The molecule has 2 atom stereocenters. The molecule has 1 aliphatic carbocycles. The van der Waals surface area contributed by atoms with E-state index in [-0.39, 0.29) is 0 Å². The molecule has 4 nitrogen and oxygen atoms in total. The van der Waals surface area contributed by atoms with E-state index in [2.05, 4.69) is 40.5 Å². The summed E-state index contributed by atoms with van der Waals surface area (Å²) in [5, 5.41) is 13.8. The lowest BCUT2D eigenvalue weighted by Crippen LogP contribution is -2.17. The van der Waals surface area contributed by atoms with Gasteiger partial charge in [0.2, 0.25) is 6.29 Å². The first-order valence-electron chi connectivity index (χ1n) is 8.55. The predicted molar refractivity (Wildman–Crippen MR) is 94.0 cm³/mol. The maximum atomic E-state index is 9.47. The minimum Gasteiger partial charge on any atom is -0.364 e. The third kappa shape index (κ3) is 2.78. The number of rotatable bonds is 5. The zero-order valence-electron chi connectivity index (χ0n) is 13.9. The predicted octanol–water partition coefficient (Wildman–Crippen LogP) is 3.37. The zero-order chi connectivity index (χ0) is 16.5. The average molecular weight is 322 g/mol. The number of benzene rings is 1. The van der Waals surface area contributed by atoms with E-state index >= 15 is 0 Å². The summed E-state index contributed by atoms with van der Waals surface area (Å²) in [5.41, 5.74) is 6.21. The van der Waals surface area contributed by atoms with Gasteiger partial charge in [-0.25, -0.2) is 0 Å². The summed E-state index contributed by atoms with van der Waals surface area (Å²) in [4.78, 5) is 7.56. The summed E-state index contributed by atoms with van der Waals surface area (Å²) in [7, 11) is 0. The Kier molecular flexibility index (Phi) is 3.98. The van der Waals surface area contributed by atoms with Crippen molar-refractivity contribution in [2.45, 2.75) is 32.5 Å². The molecule has 0 radical (unpaired) electrons. The molecule has 0 aromatic heterocycles. The molecule has 0 saturated heterocycles. The molecule has 0 saturated carbocycles. The highest BCUT2D eigenvalue weighted by Crippen LogP contribution is 2.44. The second-order valence-electron chi connectivity index (χ2n) is 6.53. The van der Waals surface area contributed by atoms with E-state index in [4.69, 9.17) is 4.84 Å². The van der Waals surface area contributed by atoms with Crippen molar-refractivity contribution in [3.8, 4) is 0 Å². The van der Waals surface area contributed by atoms with E-state index < -0.39 is 6.29 Å². The molecule has 2 aliphatic heterocycles. The fourth-order valence-corrected chi connectivity index (χ4v) is 3.78. The van der Waals surface area contributed by atoms with Crippen LogP contribution in [0.3, 0.4) is 0 Å². The van der Waals surface area contributed by atoms with Crippen molar-refractivity contribution >= 4 is 5.71 Å². The standard InChI is InChI=1S/C20H22N2O2/c1-14(23)24-21-19(12-15-6-3-2-4-7-15)18-13-22-11-10-16-8-5-9-17(18)20(16)22/h2-8,13-14,17,23H,9-12H2,1H3/b21-19+. The first kappa shape index (κ1) is 15.2. The molecule has 1 aromatic carbocycles. The molecule has 4 heteroatoms. The van der Waals surface area contributed by atoms with Crippen LogP contribution in [0.25, 0.3) is 0 Å². The van der Waals surface area contributed by atoms with Crippen molar-refractivity contribution in [3.05, 3.63) is 71.1 Å². The molecule has 0 spiro atoms. The number of nitrogens with zero attached hydrogens (tertiary/aromatic N) is 2. The van der Waals surface area contributed by atoms with Crippen molar-refractivity contribution < 1.29 is 9.94 Å². The number of allylic oxidation sites excluding steroid dienone is 3. The summed E-state index contributed by atoms with van der Waals surface area (Å²) >= 11 is 0. The van der Waals surface area contributed by atoms with Crippen LogP contribution in [0.5, 0.6) is 0 Å². The van der Waals surface area contributed by atoms with Crippen molar-refractivity contribution in [1.82, 2.24) is 4.90 Å². The SMILES string of the molecule is CC(O)O/N=C(\Cc1ccccc1)C1=CN2CCC3=C2C1CC=C3. The van der Waals surface area contributed by atoms with Crippen LogP contribution in [0.2, 0.25) is 0 Å². The Hall–Kier alpha value is -2.33. The second kappa shape index (κ2) is 6.29. The third-order valence-electron chi connectivity index (χ3n) is 4.81. The van der Waals surface area contributed by atoms with E-state index in [1.54, 1.807) is 6.92 Å². The number of oxime groups is 1. The zero-order valence-corrected chi connectivity index (χ0v) is 13.9. The van der Waals surface area contributed by atoms with Gasteiger partial charge < -0.3 is 14.8 Å². The minimum atomic E-state index is -0.904. The van der Waals surface area contributed by atoms with Crippen LogP contribution in [0, 0.1) is 5.92 Å². The lowest BCUT2D eigenvalue weighted by atomic mass is 9.85. The molecule has 0 amide bonds. The van der Waals surface area contributed by atoms with Crippen LogP contribution in [-0.4, -0.2) is 28.6 Å². The van der Waals surface area contributed by atoms with Gasteiger partial charge in [0, 0.05) is 43.3 Å². The molecule has 4 rings (SSSR count). The maximum absolute atomic E-state index is 9.47. The Morgan fingerprint density at radius 1 is 1.38 bits per heavy atom. The van der Waals surface area contributed by atoms with Crippen LogP contribution < -0.4 is 0 Å². The van der Waals surface area contributed by atoms with Crippen LogP contribution in [0.15, 0.2) is 70.7 Å². The highest BCUT2D eigenvalue weighted by Gasteiger charge is 2.38. The average Bonchev–Trinajstić information content (AvgIpc) is 3.17. The van der Waals surface area contributed by atoms with Crippen LogP contribution in [-0.2, 0) is 11.3 Å². The summed E-state index contributed by atoms with van der Waals surface area (Å²) < 4.78 is 0. The first-order valence-corrected chi connectivity index (χ1v) is 8.55. The van der Waals surface area contributed by atoms with Crippen molar-refractivity contribution in [2.75, 3.05) is 6.54 Å². The molecule has 2 heterocycles. The fourth-order valence-electron chi connectivity index (χ4n) is 3.78. The van der Waals surface area contributed by atoms with Gasteiger partial charge in [-0.05, 0) is 24.0 Å². The number of hydrogen-bond acceptors (Lipinski definition) is 4. The molecule has 2 unspecified atom stereocenters. The Morgan fingerprint density at radius 2 is 2.21 bits per heavy atom. The van der Waals surface area contributed by atoms with Gasteiger partial charge in [-0.3, -0.25) is 0 Å². The Bertz CT molecular complexity index is 744. The molecule has 0 bridgehead atoms. The second-order valence-corrected chi connectivity index (χ2v) is 6.53. The highest BCUT2D eigenvalue weighted by molar-refractivity contribution is 6.02. The van der Waals surface area contributed by atoms with Crippen molar-refractivity contribution in [1.29, 1.82) is 0 Å². The summed E-state index contributed by atoms with van der Waals surface area (Å²) in [6.45, 7) is 2.62. The van der Waals surface area contributed by atoms with Gasteiger partial charge in [0.05, 0.1) is 5.71 Å². The van der Waals surface area contributed by atoms with E-state index in [1.807, 2.05) is 18.2 Å². The lowest BCUT2D eigenvalue weighted by Gasteiger charge is -2.21. The molecule has 24 heavy (non-hydrogen) atoms. The minimum absolute atomic E-state index is 0.368. The summed E-state index contributed by atoms with van der Waals surface area (Å²) in [6, 6.07) is 10.3. The highest BCUT2D eigenvalue weighted by atomic mass is 16.7. The fraction of sp³-hybridized carbons (Fsp3) is 0.350. The van der Waals surface area contributed by atoms with Gasteiger partial charge in [-0.15, -0.1) is 0 Å². The normalized spacial score (nSPS) is 23.4. The Morgan fingerprint density at radius 3 is 3.00 bits per heavy atom. The summed E-state index contributed by atoms with van der Waals surface area (Å²) in [5.74, 6) is 0.368. The van der Waals surface area contributed by atoms with E-state index in [1.165, 1.54) is 22.4 Å². The van der Waals surface area contributed by atoms with Gasteiger partial charge in [-0.2, -0.15) is 0 Å². The molecule has 1 aromatic rings. The van der Waals surface area contributed by atoms with Gasteiger partial charge in [-0.1, -0.05) is 47.6 Å². The molecule has 0 fully saturated rings. The van der Waals surface area contributed by atoms with Crippen molar-refractivity contribution in [3.63, 3.8) is 0 Å². The molecule has 1 N–H and O–H groups in total. The van der Waals surface area contributed by atoms with E-state index in [0.717, 1.165) is 25.1 Å².